The molecule has 0 aliphatic carbocycles. The number of nitrogens with one attached hydrogen (secondary N) is 2. The average molecular weight is 471 g/mol. The Morgan fingerprint density at radius 1 is 0.971 bits per heavy atom. The van der Waals surface area contributed by atoms with Crippen molar-refractivity contribution in [3.8, 4) is 22.4 Å². The molecule has 0 aliphatic heterocycles. The van der Waals surface area contributed by atoms with Crippen LogP contribution in [0.5, 0.6) is 0 Å². The Balaban J connectivity index is 1.38. The zero-order valence-corrected chi connectivity index (χ0v) is 18.5. The third-order valence-electron chi connectivity index (χ3n) is 5.72. The maximum Gasteiger partial charge on any atom is 0.254 e. The van der Waals surface area contributed by atoms with Crippen LogP contribution in [0.3, 0.4) is 0 Å². The summed E-state index contributed by atoms with van der Waals surface area (Å²) in [6, 6.07) is 12.1. The molecule has 1 amide bonds. The van der Waals surface area contributed by atoms with Gasteiger partial charge < -0.3 is 5.32 Å². The van der Waals surface area contributed by atoms with Crippen molar-refractivity contribution in [2.45, 2.75) is 13.0 Å². The minimum atomic E-state index is -0.924. The smallest absolute Gasteiger partial charge is 0.254 e. The molecule has 7 nitrogen and oxygen atoms in total. The first-order chi connectivity index (χ1) is 16.9. The molecule has 1 unspecified atom stereocenters. The van der Waals surface area contributed by atoms with Crippen molar-refractivity contribution in [3.63, 3.8) is 0 Å². The van der Waals surface area contributed by atoms with Crippen LogP contribution in [0.15, 0.2) is 79.4 Å². The fourth-order valence-electron chi connectivity index (χ4n) is 3.84. The lowest BCUT2D eigenvalue weighted by Crippen LogP contribution is -2.38. The highest BCUT2D eigenvalue weighted by Crippen LogP contribution is 2.26. The first-order valence-corrected chi connectivity index (χ1v) is 10.8. The Labute approximate surface area is 198 Å². The van der Waals surface area contributed by atoms with Gasteiger partial charge in [0.2, 0.25) is 0 Å². The van der Waals surface area contributed by atoms with Gasteiger partial charge in [-0.25, -0.2) is 13.8 Å². The molecule has 2 aromatic carbocycles. The number of ketones is 1. The molecule has 0 aliphatic rings. The summed E-state index contributed by atoms with van der Waals surface area (Å²) in [4.78, 5) is 29.5. The van der Waals surface area contributed by atoms with E-state index in [-0.39, 0.29) is 11.1 Å². The van der Waals surface area contributed by atoms with E-state index in [0.717, 1.165) is 11.1 Å². The van der Waals surface area contributed by atoms with E-state index in [9.17, 15) is 18.4 Å². The summed E-state index contributed by atoms with van der Waals surface area (Å²) in [5.74, 6) is -2.33. The zero-order chi connectivity index (χ0) is 24.5. The lowest BCUT2D eigenvalue weighted by Gasteiger charge is -2.14. The summed E-state index contributed by atoms with van der Waals surface area (Å²) in [5, 5.41) is 9.25. The molecule has 0 fully saturated rings. The normalized spacial score (nSPS) is 12.0. The number of benzene rings is 2. The molecule has 0 saturated heterocycles. The number of aromatic nitrogens is 4. The summed E-state index contributed by atoms with van der Waals surface area (Å²) in [5.41, 5.74) is 3.72. The molecule has 174 valence electrons. The predicted octanol–water partition coefficient (Wildman–Crippen LogP) is 4.67. The third-order valence-corrected chi connectivity index (χ3v) is 5.72. The molecule has 5 aromatic rings. The number of rotatable bonds is 6. The van der Waals surface area contributed by atoms with Crippen molar-refractivity contribution < 1.29 is 18.4 Å². The Bertz CT molecular complexity index is 1540. The van der Waals surface area contributed by atoms with Crippen LogP contribution in [-0.2, 0) is 0 Å². The van der Waals surface area contributed by atoms with Gasteiger partial charge in [-0.15, -0.1) is 0 Å². The van der Waals surface area contributed by atoms with Gasteiger partial charge in [0, 0.05) is 34.6 Å². The maximum atomic E-state index is 15.0. The lowest BCUT2D eigenvalue weighted by atomic mass is 10.0. The molecule has 5 rings (SSSR count). The van der Waals surface area contributed by atoms with Crippen LogP contribution in [0.1, 0.15) is 27.6 Å². The van der Waals surface area contributed by atoms with Gasteiger partial charge in [-0.1, -0.05) is 6.07 Å². The van der Waals surface area contributed by atoms with Crippen LogP contribution in [0.25, 0.3) is 28.0 Å². The standard InChI is InChI=1S/C26H19F2N5O2/c1-15(25(34)16-2-6-20(27)7-3-16)32-26(35)21-8-4-17(10-22(21)28)23-13-29-24-9-5-18(14-33(23)24)19-11-30-31-12-19/h2-15H,1H3,(H,30,31)(H,32,35). The van der Waals surface area contributed by atoms with E-state index in [1.807, 2.05) is 22.7 Å². The zero-order valence-electron chi connectivity index (χ0n) is 18.5. The molecule has 1 atom stereocenters. The van der Waals surface area contributed by atoms with E-state index in [2.05, 4.69) is 20.5 Å². The van der Waals surface area contributed by atoms with Crippen molar-refractivity contribution in [1.29, 1.82) is 0 Å². The van der Waals surface area contributed by atoms with Crippen molar-refractivity contribution in [2.75, 3.05) is 0 Å². The van der Waals surface area contributed by atoms with Crippen LogP contribution in [0, 0.1) is 11.6 Å². The highest BCUT2D eigenvalue weighted by Gasteiger charge is 2.21. The molecule has 2 N–H and O–H groups in total. The predicted molar refractivity (Wildman–Crippen MR) is 126 cm³/mol. The minimum Gasteiger partial charge on any atom is -0.342 e. The number of H-pyrrole nitrogens is 1. The molecule has 0 spiro atoms. The second kappa shape index (κ2) is 8.94. The number of fused-ring (bicyclic) bond motifs is 1. The van der Waals surface area contributed by atoms with Crippen molar-refractivity contribution in [3.05, 3.63) is 102 Å². The Morgan fingerprint density at radius 3 is 2.46 bits per heavy atom. The molecule has 9 heteroatoms. The van der Waals surface area contributed by atoms with E-state index in [1.165, 1.54) is 43.3 Å². The molecule has 3 heterocycles. The largest absolute Gasteiger partial charge is 0.342 e. The van der Waals surface area contributed by atoms with Crippen molar-refractivity contribution in [1.82, 2.24) is 24.9 Å². The van der Waals surface area contributed by atoms with Crippen LogP contribution >= 0.6 is 0 Å². The minimum absolute atomic E-state index is 0.194. The van der Waals surface area contributed by atoms with Crippen LogP contribution in [0.4, 0.5) is 8.78 Å². The highest BCUT2D eigenvalue weighted by molar-refractivity contribution is 6.04. The van der Waals surface area contributed by atoms with E-state index in [1.54, 1.807) is 24.7 Å². The van der Waals surface area contributed by atoms with Gasteiger partial charge >= 0.3 is 0 Å². The number of pyridine rings is 1. The van der Waals surface area contributed by atoms with Crippen molar-refractivity contribution >= 4 is 17.3 Å². The summed E-state index contributed by atoms with van der Waals surface area (Å²) in [6.07, 6.45) is 6.98. The fourth-order valence-corrected chi connectivity index (χ4v) is 3.84. The topological polar surface area (TPSA) is 92.2 Å². The van der Waals surface area contributed by atoms with Crippen LogP contribution in [-0.4, -0.2) is 37.3 Å². The Kier molecular flexibility index (Phi) is 5.66. The number of hydrogen-bond donors (Lipinski definition) is 2. The number of halogens is 2. The fraction of sp³-hybridized carbons (Fsp3) is 0.0769. The second-order valence-corrected chi connectivity index (χ2v) is 8.04. The molecular weight excluding hydrogens is 452 g/mol. The molecule has 35 heavy (non-hydrogen) atoms. The van der Waals surface area contributed by atoms with Gasteiger partial charge in [0.1, 0.15) is 17.3 Å². The van der Waals surface area contributed by atoms with Gasteiger partial charge in [-0.3, -0.25) is 19.1 Å². The number of carbonyl (C=O) groups is 2. The number of amides is 1. The monoisotopic (exact) mass is 471 g/mol. The molecule has 0 radical (unpaired) electrons. The molecule has 3 aromatic heterocycles. The quantitative estimate of drug-likeness (QED) is 0.352. The lowest BCUT2D eigenvalue weighted by molar-refractivity contribution is 0.0863. The number of hydrogen-bond acceptors (Lipinski definition) is 4. The number of imidazole rings is 1. The van der Waals surface area contributed by atoms with Gasteiger partial charge in [0.05, 0.1) is 29.7 Å². The summed E-state index contributed by atoms with van der Waals surface area (Å²) >= 11 is 0. The van der Waals surface area contributed by atoms with Crippen LogP contribution in [0.2, 0.25) is 0 Å². The third kappa shape index (κ3) is 4.31. The van der Waals surface area contributed by atoms with Crippen LogP contribution < -0.4 is 5.32 Å². The number of nitrogens with zero attached hydrogens (tertiary/aromatic N) is 3. The van der Waals surface area contributed by atoms with Gasteiger partial charge in [0.25, 0.3) is 5.91 Å². The first kappa shape index (κ1) is 22.1. The Hall–Kier alpha value is -4.66. The van der Waals surface area contributed by atoms with Gasteiger partial charge in [0.15, 0.2) is 5.78 Å². The highest BCUT2D eigenvalue weighted by atomic mass is 19.1. The summed E-state index contributed by atoms with van der Waals surface area (Å²) in [7, 11) is 0. The average Bonchev–Trinajstić information content (AvgIpc) is 3.54. The number of carbonyl (C=O) groups excluding carboxylic acids is 2. The summed E-state index contributed by atoms with van der Waals surface area (Å²) < 4.78 is 29.9. The van der Waals surface area contributed by atoms with Gasteiger partial charge in [-0.05, 0) is 55.5 Å². The number of Topliss-reactive ketones (excluding diaryl/α,β-unsaturated/α-hetero) is 1. The Morgan fingerprint density at radius 2 is 1.74 bits per heavy atom. The molecular formula is C26H19F2N5O2. The van der Waals surface area contributed by atoms with E-state index in [0.29, 0.717) is 16.9 Å². The second-order valence-electron chi connectivity index (χ2n) is 8.04. The first-order valence-electron chi connectivity index (χ1n) is 10.8. The summed E-state index contributed by atoms with van der Waals surface area (Å²) in [6.45, 7) is 1.49. The molecule has 0 bridgehead atoms. The SMILES string of the molecule is CC(NC(=O)c1ccc(-c2cnc3ccc(-c4cn[nH]c4)cn23)cc1F)C(=O)c1ccc(F)cc1. The van der Waals surface area contributed by atoms with E-state index < -0.39 is 29.4 Å². The maximum absolute atomic E-state index is 15.0. The van der Waals surface area contributed by atoms with Gasteiger partial charge in [-0.2, -0.15) is 5.10 Å². The molecule has 0 saturated carbocycles. The number of aromatic amines is 1. The van der Waals surface area contributed by atoms with E-state index >= 15 is 0 Å². The van der Waals surface area contributed by atoms with E-state index in [4.69, 9.17) is 0 Å². The van der Waals surface area contributed by atoms with Crippen molar-refractivity contribution in [2.24, 2.45) is 0 Å².